The highest BCUT2D eigenvalue weighted by atomic mass is 35.5. The highest BCUT2D eigenvalue weighted by Crippen LogP contribution is 2.36. The summed E-state index contributed by atoms with van der Waals surface area (Å²) in [6, 6.07) is 7.71. The number of aliphatic carboxylic acids is 1. The molecule has 2 aromatic rings. The molecule has 0 aromatic heterocycles. The molecule has 15 heteroatoms. The number of carbonyl (C=O) groups excluding carboxylic acids is 3. The monoisotopic (exact) mass is 772 g/mol. The predicted molar refractivity (Wildman–Crippen MR) is 206 cm³/mol. The van der Waals surface area contributed by atoms with Gasteiger partial charge in [-0.25, -0.2) is 9.59 Å². The number of nitrogens with one attached hydrogen (secondary N) is 1. The van der Waals surface area contributed by atoms with Gasteiger partial charge in [0.05, 0.1) is 37.8 Å². The summed E-state index contributed by atoms with van der Waals surface area (Å²) in [5, 5.41) is 22.3. The van der Waals surface area contributed by atoms with Crippen molar-refractivity contribution in [2.24, 2.45) is 0 Å². The summed E-state index contributed by atoms with van der Waals surface area (Å²) in [6.45, 7) is 5.43. The molecule has 0 saturated carbocycles. The summed E-state index contributed by atoms with van der Waals surface area (Å²) >= 11 is 4.64. The van der Waals surface area contributed by atoms with Crippen molar-refractivity contribution in [3.8, 4) is 11.5 Å². The predicted octanol–water partition coefficient (Wildman–Crippen LogP) is 5.22. The second-order valence-corrected chi connectivity index (χ2v) is 13.5. The van der Waals surface area contributed by atoms with E-state index in [1.54, 1.807) is 25.1 Å². The van der Waals surface area contributed by atoms with Gasteiger partial charge in [-0.1, -0.05) is 23.8 Å². The Morgan fingerprint density at radius 3 is 2.44 bits per heavy atom. The Labute approximate surface area is 321 Å². The normalized spacial score (nSPS) is 24.5. The first-order valence-electron chi connectivity index (χ1n) is 17.5. The Kier molecular flexibility index (Phi) is 15.8. The van der Waals surface area contributed by atoms with E-state index in [0.29, 0.717) is 42.7 Å². The third-order valence-corrected chi connectivity index (χ3v) is 9.54. The standard InChI is InChI=1S/C26H34N2O6.C12H16N2O4.CH3Cl/c1-16-7-5-6-10-26(31)15-19(33-25(30)27-26)14-23-21(34-23)8-9-24(29)28(3)20-12-18(11-16)13-22(32-4)17(20)2;1-7(12(16)17)14(2)11(15)8-4-5-9(13)10(6-8)18-3;1-2/h5-7,12-13,19,21,23,31H,8-11,14-15H2,1-4H3,(H,27,30);4-7H,13H2,1-3H3,(H,16,17);1H3/b6-5+,16-7+;;/t19?,21?,23?,26-;7-;/m10./s1. The van der Waals surface area contributed by atoms with E-state index < -0.39 is 35.8 Å². The minimum atomic E-state index is -1.36. The van der Waals surface area contributed by atoms with Crippen LogP contribution in [0.2, 0.25) is 0 Å². The van der Waals surface area contributed by atoms with Gasteiger partial charge in [-0.15, -0.1) is 11.6 Å². The van der Waals surface area contributed by atoms with Gasteiger partial charge in [-0.2, -0.15) is 0 Å². The molecular weight excluding hydrogens is 720 g/mol. The Balaban J connectivity index is 0.000000332. The number of epoxide rings is 1. The molecule has 3 unspecified atom stereocenters. The molecule has 5 N–H and O–H groups in total. The second-order valence-electron chi connectivity index (χ2n) is 13.5. The average molecular weight is 773 g/mol. The van der Waals surface area contributed by atoms with Crippen LogP contribution in [0.25, 0.3) is 0 Å². The van der Waals surface area contributed by atoms with Crippen LogP contribution in [0.15, 0.2) is 54.1 Å². The van der Waals surface area contributed by atoms with E-state index >= 15 is 0 Å². The van der Waals surface area contributed by atoms with Gasteiger partial charge >= 0.3 is 12.1 Å². The first kappa shape index (κ1) is 43.6. The number of benzene rings is 2. The smallest absolute Gasteiger partial charge is 0.409 e. The molecule has 0 spiro atoms. The lowest BCUT2D eigenvalue weighted by Gasteiger charge is -2.36. The number of anilines is 2. The van der Waals surface area contributed by atoms with Crippen LogP contribution in [0.4, 0.5) is 16.2 Å². The van der Waals surface area contributed by atoms with Crippen molar-refractivity contribution >= 4 is 46.9 Å². The van der Waals surface area contributed by atoms with Gasteiger partial charge in [-0.05, 0) is 69.5 Å². The van der Waals surface area contributed by atoms with Crippen LogP contribution in [0.5, 0.6) is 11.5 Å². The number of nitrogens with zero attached hydrogens (tertiary/aromatic N) is 2. The summed E-state index contributed by atoms with van der Waals surface area (Å²) in [4.78, 5) is 50.7. The van der Waals surface area contributed by atoms with Gasteiger partial charge in [0.1, 0.15) is 29.4 Å². The topological polar surface area (TPSA) is 193 Å². The largest absolute Gasteiger partial charge is 0.496 e. The summed E-state index contributed by atoms with van der Waals surface area (Å²) in [6.07, 6.45) is 8.71. The number of halogens is 1. The number of nitrogens with two attached hydrogens (primary N) is 1. The lowest BCUT2D eigenvalue weighted by Crippen LogP contribution is -2.56. The van der Waals surface area contributed by atoms with Crippen LogP contribution in [0, 0.1) is 6.92 Å². The van der Waals surface area contributed by atoms with Crippen LogP contribution in [-0.2, 0) is 25.5 Å². The number of alkyl carbamates (subject to hydrolysis) is 1. The molecule has 2 fully saturated rings. The lowest BCUT2D eigenvalue weighted by atomic mass is 9.96. The van der Waals surface area contributed by atoms with Crippen LogP contribution < -0.4 is 25.4 Å². The molecule has 5 atom stereocenters. The molecule has 3 aliphatic heterocycles. The fourth-order valence-electron chi connectivity index (χ4n) is 6.23. The minimum Gasteiger partial charge on any atom is -0.496 e. The van der Waals surface area contributed by atoms with Crippen molar-refractivity contribution in [2.75, 3.05) is 45.3 Å². The van der Waals surface area contributed by atoms with Crippen LogP contribution >= 0.6 is 11.6 Å². The number of rotatable bonds is 5. The molecule has 296 valence electrons. The Hall–Kier alpha value is -4.79. The third-order valence-electron chi connectivity index (χ3n) is 9.54. The lowest BCUT2D eigenvalue weighted by molar-refractivity contribution is -0.141. The number of likely N-dealkylation sites (N-methyl/N-ethyl adjacent to an activating group) is 1. The maximum Gasteiger partial charge on any atom is 0.409 e. The maximum atomic E-state index is 13.0. The second kappa shape index (κ2) is 19.5. The molecule has 2 aromatic carbocycles. The fraction of sp³-hybridized carbons (Fsp3) is 0.487. The fourth-order valence-corrected chi connectivity index (χ4v) is 6.23. The molecule has 4 bridgehead atoms. The van der Waals surface area contributed by atoms with Crippen LogP contribution in [-0.4, -0.2) is 104 Å². The summed E-state index contributed by atoms with van der Waals surface area (Å²) in [5.74, 6) is -0.321. The molecule has 14 nitrogen and oxygen atoms in total. The quantitative estimate of drug-likeness (QED) is 0.177. The number of alkyl halides is 1. The molecule has 2 saturated heterocycles. The van der Waals surface area contributed by atoms with Crippen molar-refractivity contribution in [1.82, 2.24) is 10.2 Å². The van der Waals surface area contributed by atoms with Crippen molar-refractivity contribution in [1.29, 1.82) is 0 Å². The first-order valence-corrected chi connectivity index (χ1v) is 18.3. The molecule has 0 radical (unpaired) electrons. The number of fused-ring (bicyclic) bond motifs is 5. The van der Waals surface area contributed by atoms with Gasteiger partial charge in [0.25, 0.3) is 5.91 Å². The minimum absolute atomic E-state index is 0.00679. The number of hydrogen-bond donors (Lipinski definition) is 4. The van der Waals surface area contributed by atoms with Gasteiger partial charge < -0.3 is 44.7 Å². The molecule has 3 heterocycles. The van der Waals surface area contributed by atoms with Crippen molar-refractivity contribution in [3.05, 3.63) is 70.8 Å². The van der Waals surface area contributed by atoms with E-state index in [2.05, 4.69) is 16.9 Å². The Morgan fingerprint density at radius 2 is 1.80 bits per heavy atom. The zero-order valence-corrected chi connectivity index (χ0v) is 32.9. The van der Waals surface area contributed by atoms with Crippen LogP contribution in [0.3, 0.4) is 0 Å². The average Bonchev–Trinajstić information content (AvgIpc) is 3.89. The number of ether oxygens (including phenoxy) is 4. The van der Waals surface area contributed by atoms with Gasteiger partial charge in [0.15, 0.2) is 0 Å². The van der Waals surface area contributed by atoms with E-state index in [1.165, 1.54) is 39.6 Å². The highest BCUT2D eigenvalue weighted by molar-refractivity contribution is 6.15. The van der Waals surface area contributed by atoms with Crippen molar-refractivity contribution < 1.29 is 48.3 Å². The van der Waals surface area contributed by atoms with Gasteiger partial charge in [0.2, 0.25) is 5.91 Å². The summed E-state index contributed by atoms with van der Waals surface area (Å²) < 4.78 is 21.7. The van der Waals surface area contributed by atoms with Gasteiger partial charge in [-0.3, -0.25) is 14.9 Å². The zero-order chi connectivity index (χ0) is 40.3. The molecule has 0 aliphatic carbocycles. The van der Waals surface area contributed by atoms with E-state index in [1.807, 2.05) is 44.2 Å². The zero-order valence-electron chi connectivity index (χ0n) is 32.2. The summed E-state index contributed by atoms with van der Waals surface area (Å²) in [5.41, 5.74) is 8.94. The number of amides is 3. The maximum absolute atomic E-state index is 13.0. The van der Waals surface area contributed by atoms with Crippen molar-refractivity contribution in [3.63, 3.8) is 0 Å². The molecule has 54 heavy (non-hydrogen) atoms. The SMILES string of the molecule is CCl.COc1cc(C(=O)N(C)[C@@H](C)C(=O)O)ccc1N.COc1cc2cc(c1C)N(C)C(=O)CCC1OC1CC1C[C@](O)(C/C=C/C=C(\C)C2)NC(=O)O1. The van der Waals surface area contributed by atoms with Gasteiger partial charge in [0, 0.05) is 57.3 Å². The number of carbonyl (C=O) groups is 4. The highest BCUT2D eigenvalue weighted by Gasteiger charge is 2.45. The number of aliphatic hydroxyl groups is 1. The van der Waals surface area contributed by atoms with Crippen molar-refractivity contribution in [2.45, 2.75) is 89.4 Å². The molecule has 3 amide bonds. The summed E-state index contributed by atoms with van der Waals surface area (Å²) in [7, 11) is 6.31. The number of nitrogen functional groups attached to an aromatic ring is 1. The number of carboxylic acids is 1. The molecular formula is C39H53ClN4O10. The van der Waals surface area contributed by atoms with E-state index in [-0.39, 0.29) is 31.0 Å². The number of hydrogen-bond acceptors (Lipinski definition) is 10. The van der Waals surface area contributed by atoms with E-state index in [9.17, 15) is 24.3 Å². The van der Waals surface area contributed by atoms with E-state index in [0.717, 1.165) is 33.0 Å². The number of methoxy groups -OCH3 is 2. The Bertz CT molecular complexity index is 1730. The number of carboxylic acid groups (broad SMARTS) is 1. The number of allylic oxidation sites excluding steroid dienone is 3. The Morgan fingerprint density at radius 1 is 1.11 bits per heavy atom. The third kappa shape index (κ3) is 11.6. The molecule has 5 rings (SSSR count). The molecule has 3 aliphatic rings. The first-order chi connectivity index (χ1) is 25.5. The van der Waals surface area contributed by atoms with Crippen LogP contribution in [0.1, 0.15) is 67.4 Å². The van der Waals surface area contributed by atoms with E-state index in [4.69, 9.17) is 29.8 Å².